The molecule has 0 radical (unpaired) electrons. The summed E-state index contributed by atoms with van der Waals surface area (Å²) in [6.45, 7) is 0.333. The Morgan fingerprint density at radius 2 is 2.06 bits per heavy atom. The second-order valence-corrected chi connectivity index (χ2v) is 9.46. The van der Waals surface area contributed by atoms with E-state index in [9.17, 15) is 23.5 Å². The third-order valence-corrected chi connectivity index (χ3v) is 7.01. The number of amides is 2. The van der Waals surface area contributed by atoms with Crippen LogP contribution in [0, 0.1) is 5.92 Å². The number of urea groups is 1. The van der Waals surface area contributed by atoms with Gasteiger partial charge in [-0.2, -0.15) is 0 Å². The van der Waals surface area contributed by atoms with Gasteiger partial charge in [-0.25, -0.2) is 9.59 Å². The van der Waals surface area contributed by atoms with Gasteiger partial charge < -0.3 is 19.9 Å². The van der Waals surface area contributed by atoms with E-state index >= 15 is 0 Å². The fraction of sp³-hybridized carbons (Fsp3) is 0.421. The Kier molecular flexibility index (Phi) is 6.19. The Balaban J connectivity index is 1.56. The lowest BCUT2D eigenvalue weighted by atomic mass is 10.1. The van der Waals surface area contributed by atoms with Crippen molar-refractivity contribution in [2.75, 3.05) is 11.4 Å². The van der Waals surface area contributed by atoms with Crippen molar-refractivity contribution < 1.29 is 33.0 Å². The first-order valence-electron chi connectivity index (χ1n) is 9.56. The maximum absolute atomic E-state index is 13.4. The smallest absolute Gasteiger partial charge is 0.479 e. The predicted molar refractivity (Wildman–Crippen MR) is 110 cm³/mol. The molecule has 1 atom stereocenters. The molecular weight excluding hydrogens is 452 g/mol. The number of carboxylic acids is 1. The van der Waals surface area contributed by atoms with Gasteiger partial charge in [0.25, 0.3) is 0 Å². The highest BCUT2D eigenvalue weighted by molar-refractivity contribution is 8.02. The van der Waals surface area contributed by atoms with E-state index < -0.39 is 23.7 Å². The van der Waals surface area contributed by atoms with Crippen molar-refractivity contribution in [3.05, 3.63) is 29.9 Å². The molecule has 1 aliphatic heterocycles. The zero-order valence-corrected chi connectivity index (χ0v) is 17.8. The SMILES string of the molecule is O=C(O)C(NC(=O)N(CC1CCCC1)c1ccc2c(c1)OC(F)(F)O2)Sc1cncs1. The van der Waals surface area contributed by atoms with Crippen LogP contribution in [0.5, 0.6) is 11.5 Å². The average molecular weight is 472 g/mol. The van der Waals surface area contributed by atoms with Crippen molar-refractivity contribution >= 4 is 40.8 Å². The molecule has 0 spiro atoms. The number of thiazole rings is 1. The summed E-state index contributed by atoms with van der Waals surface area (Å²) in [4.78, 5) is 30.1. The molecule has 2 N–H and O–H groups in total. The van der Waals surface area contributed by atoms with E-state index in [1.165, 1.54) is 40.6 Å². The highest BCUT2D eigenvalue weighted by Gasteiger charge is 2.43. The first-order chi connectivity index (χ1) is 14.8. The van der Waals surface area contributed by atoms with Crippen molar-refractivity contribution in [2.45, 2.75) is 41.6 Å². The van der Waals surface area contributed by atoms with Gasteiger partial charge in [0.05, 0.1) is 15.9 Å². The number of aromatic nitrogens is 1. The number of carboxylic acid groups (broad SMARTS) is 1. The number of thioether (sulfide) groups is 1. The lowest BCUT2D eigenvalue weighted by molar-refractivity contribution is -0.286. The standard InChI is InChI=1S/C19H19F2N3O5S2/c20-19(21)28-13-6-5-12(7-14(13)29-19)24(9-11-3-1-2-4-11)18(27)23-16(17(25)26)31-15-8-22-10-30-15/h5-8,10-11,16H,1-4,9H2,(H,23,27)(H,25,26). The van der Waals surface area contributed by atoms with Crippen molar-refractivity contribution in [1.82, 2.24) is 10.3 Å². The Morgan fingerprint density at radius 1 is 1.32 bits per heavy atom. The van der Waals surface area contributed by atoms with Gasteiger partial charge in [-0.15, -0.1) is 20.1 Å². The number of nitrogens with one attached hydrogen (secondary N) is 1. The summed E-state index contributed by atoms with van der Waals surface area (Å²) in [5.74, 6) is -1.28. The summed E-state index contributed by atoms with van der Waals surface area (Å²) in [6, 6.07) is 3.45. The van der Waals surface area contributed by atoms with Crippen LogP contribution in [-0.4, -0.2) is 40.3 Å². The van der Waals surface area contributed by atoms with Crippen molar-refractivity contribution in [3.8, 4) is 11.5 Å². The Labute approximate surface area is 184 Å². The number of alkyl halides is 2. The van der Waals surface area contributed by atoms with E-state index in [1.807, 2.05) is 0 Å². The van der Waals surface area contributed by atoms with E-state index in [2.05, 4.69) is 19.8 Å². The minimum Gasteiger partial charge on any atom is -0.479 e. The molecule has 12 heteroatoms. The summed E-state index contributed by atoms with van der Waals surface area (Å²) >= 11 is 2.22. The number of hydrogen-bond donors (Lipinski definition) is 2. The number of carbonyl (C=O) groups is 2. The Hall–Kier alpha value is -2.60. The van der Waals surface area contributed by atoms with Gasteiger partial charge >= 0.3 is 18.3 Å². The van der Waals surface area contributed by atoms with Gasteiger partial charge in [-0.05, 0) is 30.9 Å². The number of fused-ring (bicyclic) bond motifs is 1. The zero-order valence-electron chi connectivity index (χ0n) is 16.1. The van der Waals surface area contributed by atoms with Gasteiger partial charge in [0.15, 0.2) is 16.9 Å². The summed E-state index contributed by atoms with van der Waals surface area (Å²) in [6.07, 6.45) is 1.72. The van der Waals surface area contributed by atoms with E-state index in [0.29, 0.717) is 16.4 Å². The highest BCUT2D eigenvalue weighted by atomic mass is 32.2. The number of hydrogen-bond acceptors (Lipinski definition) is 7. The monoisotopic (exact) mass is 471 g/mol. The van der Waals surface area contributed by atoms with Crippen molar-refractivity contribution in [1.29, 1.82) is 0 Å². The molecule has 1 saturated carbocycles. The van der Waals surface area contributed by atoms with Crippen LogP contribution in [-0.2, 0) is 4.79 Å². The summed E-state index contributed by atoms with van der Waals surface area (Å²) in [7, 11) is 0. The van der Waals surface area contributed by atoms with Gasteiger partial charge in [0.2, 0.25) is 0 Å². The number of carbonyl (C=O) groups excluding carboxylic acids is 1. The number of rotatable bonds is 7. The van der Waals surface area contributed by atoms with Crippen molar-refractivity contribution in [3.63, 3.8) is 0 Å². The second kappa shape index (κ2) is 8.87. The number of aliphatic carboxylic acids is 1. The predicted octanol–water partition coefficient (Wildman–Crippen LogP) is 4.37. The molecule has 1 unspecified atom stereocenters. The summed E-state index contributed by atoms with van der Waals surface area (Å²) < 4.78 is 36.3. The van der Waals surface area contributed by atoms with Crippen LogP contribution in [0.3, 0.4) is 0 Å². The Bertz CT molecular complexity index is 954. The van der Waals surface area contributed by atoms with E-state index in [-0.39, 0.29) is 17.4 Å². The molecule has 8 nitrogen and oxygen atoms in total. The van der Waals surface area contributed by atoms with Crippen LogP contribution in [0.15, 0.2) is 34.1 Å². The lowest BCUT2D eigenvalue weighted by Gasteiger charge is -2.27. The number of ether oxygens (including phenoxy) is 2. The van der Waals surface area contributed by atoms with Crippen LogP contribution in [0.4, 0.5) is 19.3 Å². The highest BCUT2D eigenvalue weighted by Crippen LogP contribution is 2.43. The fourth-order valence-corrected chi connectivity index (χ4v) is 5.17. The number of anilines is 1. The van der Waals surface area contributed by atoms with Crippen LogP contribution in [0.2, 0.25) is 0 Å². The maximum Gasteiger partial charge on any atom is 0.586 e. The zero-order chi connectivity index (χ0) is 22.0. The third kappa shape index (κ3) is 5.18. The molecule has 2 heterocycles. The average Bonchev–Trinajstić information content (AvgIpc) is 3.45. The van der Waals surface area contributed by atoms with Crippen molar-refractivity contribution in [2.24, 2.45) is 5.92 Å². The normalized spacial score (nSPS) is 18.0. The number of halogens is 2. The first-order valence-corrected chi connectivity index (χ1v) is 11.3. The summed E-state index contributed by atoms with van der Waals surface area (Å²) in [5, 5.41) is 10.8. The largest absolute Gasteiger partial charge is 0.586 e. The molecular formula is C19H19F2N3O5S2. The minimum atomic E-state index is -3.76. The molecule has 4 rings (SSSR count). The first kappa shape index (κ1) is 21.6. The van der Waals surface area contributed by atoms with Gasteiger partial charge in [-0.3, -0.25) is 9.88 Å². The Morgan fingerprint density at radius 3 is 2.74 bits per heavy atom. The van der Waals surface area contributed by atoms with Gasteiger partial charge in [-0.1, -0.05) is 24.6 Å². The molecule has 2 aliphatic rings. The molecule has 1 aromatic carbocycles. The van der Waals surface area contributed by atoms with E-state index in [0.717, 1.165) is 37.4 Å². The second-order valence-electron chi connectivity index (χ2n) is 7.17. The quantitative estimate of drug-likeness (QED) is 0.457. The molecule has 0 bridgehead atoms. The molecule has 2 amide bonds. The summed E-state index contributed by atoms with van der Waals surface area (Å²) in [5.41, 5.74) is 1.88. The van der Waals surface area contributed by atoms with Gasteiger partial charge in [0.1, 0.15) is 0 Å². The van der Waals surface area contributed by atoms with E-state index in [4.69, 9.17) is 0 Å². The molecule has 31 heavy (non-hydrogen) atoms. The third-order valence-electron chi connectivity index (χ3n) is 4.98. The molecule has 1 fully saturated rings. The van der Waals surface area contributed by atoms with E-state index in [1.54, 1.807) is 5.51 Å². The topological polar surface area (TPSA) is 101 Å². The molecule has 1 aromatic heterocycles. The molecule has 1 aliphatic carbocycles. The molecule has 166 valence electrons. The minimum absolute atomic E-state index is 0.126. The molecule has 0 saturated heterocycles. The molecule has 2 aromatic rings. The van der Waals surface area contributed by atoms with Crippen LogP contribution in [0.1, 0.15) is 25.7 Å². The number of nitrogens with zero attached hydrogens (tertiary/aromatic N) is 2. The van der Waals surface area contributed by atoms with Crippen LogP contribution < -0.4 is 19.7 Å². The van der Waals surface area contributed by atoms with Crippen LogP contribution in [0.25, 0.3) is 0 Å². The fourth-order valence-electron chi connectivity index (χ4n) is 3.57. The maximum atomic E-state index is 13.4. The number of benzene rings is 1. The van der Waals surface area contributed by atoms with Gasteiger partial charge in [0, 0.05) is 18.3 Å². The van der Waals surface area contributed by atoms with Crippen LogP contribution >= 0.6 is 23.1 Å². The lowest BCUT2D eigenvalue weighted by Crippen LogP contribution is -2.48.